The van der Waals surface area contributed by atoms with Crippen LogP contribution in [-0.4, -0.2) is 26.2 Å². The predicted molar refractivity (Wildman–Crippen MR) is 66.1 cm³/mol. The number of aliphatic hydroxyl groups is 1. The maximum Gasteiger partial charge on any atom is 0.186 e. The highest BCUT2D eigenvalue weighted by molar-refractivity contribution is 7.15. The van der Waals surface area contributed by atoms with E-state index in [-0.39, 0.29) is 6.61 Å². The fourth-order valence-corrected chi connectivity index (χ4v) is 2.98. The number of anilines is 1. The molecule has 0 aromatic carbocycles. The van der Waals surface area contributed by atoms with Gasteiger partial charge in [0.05, 0.1) is 23.7 Å². The van der Waals surface area contributed by atoms with E-state index in [9.17, 15) is 5.11 Å². The van der Waals surface area contributed by atoms with E-state index in [1.54, 1.807) is 11.3 Å². The minimum Gasteiger partial charge on any atom is -0.391 e. The summed E-state index contributed by atoms with van der Waals surface area (Å²) in [6.07, 6.45) is 3.85. The van der Waals surface area contributed by atoms with Crippen molar-refractivity contribution in [2.75, 3.05) is 11.4 Å². The zero-order chi connectivity index (χ0) is 11.8. The van der Waals surface area contributed by atoms with Gasteiger partial charge in [0.1, 0.15) is 5.82 Å². The molecule has 0 amide bonds. The Morgan fingerprint density at radius 2 is 2.35 bits per heavy atom. The Kier molecular flexibility index (Phi) is 2.60. The smallest absolute Gasteiger partial charge is 0.186 e. The lowest BCUT2D eigenvalue weighted by Crippen LogP contribution is -2.33. The van der Waals surface area contributed by atoms with Crippen LogP contribution in [0.2, 0.25) is 0 Å². The van der Waals surface area contributed by atoms with Crippen molar-refractivity contribution in [3.8, 4) is 0 Å². The predicted octanol–water partition coefficient (Wildman–Crippen LogP) is 1.16. The molecule has 5 nitrogen and oxygen atoms in total. The second kappa shape index (κ2) is 4.12. The van der Waals surface area contributed by atoms with Gasteiger partial charge in [-0.3, -0.25) is 0 Å². The number of rotatable bonds is 2. The van der Waals surface area contributed by atoms with Crippen LogP contribution in [0.4, 0.5) is 5.13 Å². The summed E-state index contributed by atoms with van der Waals surface area (Å²) in [5, 5.41) is 10.2. The highest BCUT2D eigenvalue weighted by atomic mass is 32.1. The first kappa shape index (κ1) is 10.7. The van der Waals surface area contributed by atoms with Gasteiger partial charge in [0.25, 0.3) is 0 Å². The summed E-state index contributed by atoms with van der Waals surface area (Å²) in [6, 6.07) is 0. The lowest BCUT2D eigenvalue weighted by atomic mass is 10.4. The molecule has 1 aliphatic rings. The van der Waals surface area contributed by atoms with Crippen molar-refractivity contribution >= 4 is 16.5 Å². The zero-order valence-corrected chi connectivity index (χ0v) is 10.4. The monoisotopic (exact) mass is 250 g/mol. The summed E-state index contributed by atoms with van der Waals surface area (Å²) in [5.41, 5.74) is 0.932. The van der Waals surface area contributed by atoms with Crippen molar-refractivity contribution in [2.45, 2.75) is 26.6 Å². The molecular weight excluding hydrogens is 236 g/mol. The molecule has 0 spiro atoms. The molecule has 2 aromatic heterocycles. The standard InChI is InChI=1S/C11H14N4OS/c1-8-9(7-16)17-11(13-8)15-5-4-14-3-2-12-10(14)6-15/h2-3,16H,4-7H2,1H3. The van der Waals surface area contributed by atoms with Crippen LogP contribution in [0.1, 0.15) is 16.4 Å². The van der Waals surface area contributed by atoms with Gasteiger partial charge in [-0.2, -0.15) is 0 Å². The van der Waals surface area contributed by atoms with Gasteiger partial charge in [-0.25, -0.2) is 9.97 Å². The second-order valence-electron chi connectivity index (χ2n) is 4.12. The highest BCUT2D eigenvalue weighted by Crippen LogP contribution is 2.28. The van der Waals surface area contributed by atoms with Crippen LogP contribution < -0.4 is 4.90 Å². The topological polar surface area (TPSA) is 54.2 Å². The van der Waals surface area contributed by atoms with E-state index in [0.717, 1.165) is 41.2 Å². The number of aromatic nitrogens is 3. The number of hydrogen-bond donors (Lipinski definition) is 1. The van der Waals surface area contributed by atoms with E-state index < -0.39 is 0 Å². The Balaban J connectivity index is 1.86. The Bertz CT molecular complexity index is 533. The van der Waals surface area contributed by atoms with Crippen LogP contribution in [0.5, 0.6) is 0 Å². The van der Waals surface area contributed by atoms with Crippen molar-refractivity contribution < 1.29 is 5.11 Å². The molecule has 1 aliphatic heterocycles. The third-order valence-electron chi connectivity index (χ3n) is 3.04. The number of imidazole rings is 1. The number of aliphatic hydroxyl groups excluding tert-OH is 1. The third-order valence-corrected chi connectivity index (χ3v) is 4.24. The van der Waals surface area contributed by atoms with E-state index >= 15 is 0 Å². The fraction of sp³-hybridized carbons (Fsp3) is 0.455. The average Bonchev–Trinajstić information content (AvgIpc) is 2.93. The molecule has 17 heavy (non-hydrogen) atoms. The van der Waals surface area contributed by atoms with Gasteiger partial charge in [-0.1, -0.05) is 11.3 Å². The summed E-state index contributed by atoms with van der Waals surface area (Å²) in [5.74, 6) is 1.08. The number of aryl methyl sites for hydroxylation is 1. The molecule has 90 valence electrons. The summed E-state index contributed by atoms with van der Waals surface area (Å²) >= 11 is 1.57. The second-order valence-corrected chi connectivity index (χ2v) is 5.18. The largest absolute Gasteiger partial charge is 0.391 e. The van der Waals surface area contributed by atoms with Gasteiger partial charge in [-0.15, -0.1) is 0 Å². The maximum absolute atomic E-state index is 9.19. The molecule has 1 N–H and O–H groups in total. The first-order chi connectivity index (χ1) is 8.28. The van der Waals surface area contributed by atoms with Gasteiger partial charge in [0.2, 0.25) is 0 Å². The first-order valence-electron chi connectivity index (χ1n) is 5.60. The number of hydrogen-bond acceptors (Lipinski definition) is 5. The number of thiazole rings is 1. The van der Waals surface area contributed by atoms with E-state index in [4.69, 9.17) is 0 Å². The lowest BCUT2D eigenvalue weighted by molar-refractivity contribution is 0.284. The van der Waals surface area contributed by atoms with E-state index in [0.29, 0.717) is 0 Å². The minimum atomic E-state index is 0.0754. The molecule has 0 aliphatic carbocycles. The Hall–Kier alpha value is -1.40. The van der Waals surface area contributed by atoms with Gasteiger partial charge in [0.15, 0.2) is 5.13 Å². The molecule has 0 atom stereocenters. The van der Waals surface area contributed by atoms with Crippen LogP contribution in [0.3, 0.4) is 0 Å². The van der Waals surface area contributed by atoms with Crippen LogP contribution in [-0.2, 0) is 19.7 Å². The number of fused-ring (bicyclic) bond motifs is 1. The van der Waals surface area contributed by atoms with Gasteiger partial charge < -0.3 is 14.6 Å². The van der Waals surface area contributed by atoms with Crippen LogP contribution >= 0.6 is 11.3 Å². The highest BCUT2D eigenvalue weighted by Gasteiger charge is 2.20. The fourth-order valence-electron chi connectivity index (χ4n) is 2.03. The Morgan fingerprint density at radius 3 is 3.12 bits per heavy atom. The average molecular weight is 250 g/mol. The first-order valence-corrected chi connectivity index (χ1v) is 6.41. The van der Waals surface area contributed by atoms with E-state index in [2.05, 4.69) is 19.4 Å². The summed E-state index contributed by atoms with van der Waals surface area (Å²) in [6.45, 7) is 4.71. The molecule has 0 unspecified atom stereocenters. The summed E-state index contributed by atoms with van der Waals surface area (Å²) in [4.78, 5) is 12.0. The van der Waals surface area contributed by atoms with Crippen molar-refractivity contribution in [2.24, 2.45) is 0 Å². The lowest BCUT2D eigenvalue weighted by Gasteiger charge is -2.27. The molecule has 2 aromatic rings. The Labute approximate surface area is 103 Å². The van der Waals surface area contributed by atoms with E-state index in [1.807, 2.05) is 19.3 Å². The van der Waals surface area contributed by atoms with Gasteiger partial charge >= 0.3 is 0 Å². The number of nitrogens with zero attached hydrogens (tertiary/aromatic N) is 4. The van der Waals surface area contributed by atoms with Crippen molar-refractivity contribution in [1.82, 2.24) is 14.5 Å². The Morgan fingerprint density at radius 1 is 1.47 bits per heavy atom. The quantitative estimate of drug-likeness (QED) is 0.869. The van der Waals surface area contributed by atoms with Gasteiger partial charge in [0, 0.05) is 25.5 Å². The van der Waals surface area contributed by atoms with Gasteiger partial charge in [-0.05, 0) is 6.92 Å². The molecule has 0 bridgehead atoms. The van der Waals surface area contributed by atoms with Crippen molar-refractivity contribution in [3.63, 3.8) is 0 Å². The van der Waals surface area contributed by atoms with E-state index in [1.165, 1.54) is 0 Å². The van der Waals surface area contributed by atoms with Crippen LogP contribution in [0.15, 0.2) is 12.4 Å². The molecule has 0 fully saturated rings. The minimum absolute atomic E-state index is 0.0754. The summed E-state index contributed by atoms with van der Waals surface area (Å²) in [7, 11) is 0. The normalized spacial score (nSPS) is 15.1. The third kappa shape index (κ3) is 1.83. The summed E-state index contributed by atoms with van der Waals surface area (Å²) < 4.78 is 2.17. The SMILES string of the molecule is Cc1nc(N2CCn3ccnc3C2)sc1CO. The molecule has 0 saturated carbocycles. The van der Waals surface area contributed by atoms with Crippen molar-refractivity contribution in [3.05, 3.63) is 28.8 Å². The molecule has 3 heterocycles. The molecule has 0 radical (unpaired) electrons. The maximum atomic E-state index is 9.19. The molecule has 3 rings (SSSR count). The molecule has 0 saturated heterocycles. The zero-order valence-electron chi connectivity index (χ0n) is 9.63. The van der Waals surface area contributed by atoms with Crippen LogP contribution in [0, 0.1) is 6.92 Å². The molecule has 6 heteroatoms. The van der Waals surface area contributed by atoms with Crippen molar-refractivity contribution in [1.29, 1.82) is 0 Å². The molecular formula is C11H14N4OS. The van der Waals surface area contributed by atoms with Crippen LogP contribution in [0.25, 0.3) is 0 Å².